The number of carbonyl (C=O) groups is 2. The van der Waals surface area contributed by atoms with Crippen LogP contribution in [0.1, 0.15) is 36.2 Å². The predicted molar refractivity (Wildman–Crippen MR) is 134 cm³/mol. The van der Waals surface area contributed by atoms with Gasteiger partial charge in [0.2, 0.25) is 0 Å². The van der Waals surface area contributed by atoms with E-state index in [1.54, 1.807) is 43.5 Å². The van der Waals surface area contributed by atoms with Crippen molar-refractivity contribution in [2.75, 3.05) is 27.4 Å². The Morgan fingerprint density at radius 3 is 1.78 bits per heavy atom. The number of hydrogen-bond donors (Lipinski definition) is 1. The second-order valence-electron chi connectivity index (χ2n) is 8.36. The quantitative estimate of drug-likeness (QED) is 0.261. The predicted octanol–water partition coefficient (Wildman–Crippen LogP) is 5.02. The Hall–Kier alpha value is -4.20. The molecule has 0 bridgehead atoms. The maximum Gasteiger partial charge on any atom is 0.347 e. The highest BCUT2D eigenvalue weighted by molar-refractivity contribution is 6.11. The van der Waals surface area contributed by atoms with Crippen LogP contribution in [0.3, 0.4) is 0 Å². The molecule has 0 aliphatic carbocycles. The maximum absolute atomic E-state index is 13.2. The first-order chi connectivity index (χ1) is 17.2. The van der Waals surface area contributed by atoms with E-state index >= 15 is 0 Å². The van der Waals surface area contributed by atoms with Crippen molar-refractivity contribution in [2.24, 2.45) is 0 Å². The highest BCUT2D eigenvalue weighted by Crippen LogP contribution is 2.30. The van der Waals surface area contributed by atoms with Crippen molar-refractivity contribution >= 4 is 11.8 Å². The van der Waals surface area contributed by atoms with E-state index in [-0.39, 0.29) is 17.1 Å². The number of carboxylic acid groups (broad SMARTS) is 1. The first-order valence-corrected chi connectivity index (χ1v) is 11.4. The fraction of sp³-hybridized carbons (Fsp3) is 0.286. The van der Waals surface area contributed by atoms with Gasteiger partial charge >= 0.3 is 5.97 Å². The highest BCUT2D eigenvalue weighted by Gasteiger charge is 2.31. The smallest absolute Gasteiger partial charge is 0.347 e. The van der Waals surface area contributed by atoms with Crippen molar-refractivity contribution in [1.29, 1.82) is 0 Å². The summed E-state index contributed by atoms with van der Waals surface area (Å²) >= 11 is 0. The average Bonchev–Trinajstić information content (AvgIpc) is 2.88. The van der Waals surface area contributed by atoms with Gasteiger partial charge in [0.25, 0.3) is 0 Å². The molecule has 3 aromatic rings. The van der Waals surface area contributed by atoms with Crippen LogP contribution in [-0.2, 0) is 4.79 Å². The molecule has 3 rings (SSSR count). The van der Waals surface area contributed by atoms with Crippen molar-refractivity contribution in [2.45, 2.75) is 25.9 Å². The van der Waals surface area contributed by atoms with E-state index in [0.29, 0.717) is 36.7 Å². The first kappa shape index (κ1) is 26.4. The minimum absolute atomic E-state index is 0.129. The molecule has 36 heavy (non-hydrogen) atoms. The molecular weight excluding hydrogens is 464 g/mol. The molecule has 0 saturated heterocycles. The summed E-state index contributed by atoms with van der Waals surface area (Å²) in [5.74, 6) is 1.26. The van der Waals surface area contributed by atoms with Gasteiger partial charge in [0.15, 0.2) is 11.4 Å². The number of aliphatic carboxylic acids is 1. The number of ketones is 1. The molecule has 190 valence electrons. The van der Waals surface area contributed by atoms with Crippen molar-refractivity contribution in [3.8, 4) is 28.7 Å². The second kappa shape index (κ2) is 12.0. The molecule has 8 heteroatoms. The van der Waals surface area contributed by atoms with Crippen molar-refractivity contribution in [3.63, 3.8) is 0 Å². The first-order valence-electron chi connectivity index (χ1n) is 11.4. The van der Waals surface area contributed by atoms with Gasteiger partial charge in [-0.25, -0.2) is 4.79 Å². The lowest BCUT2D eigenvalue weighted by Gasteiger charge is -2.23. The minimum Gasteiger partial charge on any atom is -0.497 e. The van der Waals surface area contributed by atoms with E-state index < -0.39 is 11.6 Å². The van der Waals surface area contributed by atoms with Crippen LogP contribution in [0.4, 0.5) is 0 Å². The van der Waals surface area contributed by atoms with Crippen LogP contribution in [-0.4, -0.2) is 49.9 Å². The summed E-state index contributed by atoms with van der Waals surface area (Å²) in [7, 11) is 3.09. The van der Waals surface area contributed by atoms with Crippen LogP contribution in [0.2, 0.25) is 0 Å². The molecule has 0 fully saturated rings. The summed E-state index contributed by atoms with van der Waals surface area (Å²) < 4.78 is 27.4. The standard InChI is InChI=1S/C28H30O8/c1-28(2,27(30)31)36-25-18-23(33-4)14-15-24(25)26(29)19-6-8-21(9-7-19)34-16-5-17-35-22-12-10-20(32-3)11-13-22/h6-15,18H,5,16-17H2,1-4H3,(H,30,31). The third-order valence-electron chi connectivity index (χ3n) is 5.32. The lowest BCUT2D eigenvalue weighted by atomic mass is 10.0. The van der Waals surface area contributed by atoms with E-state index in [2.05, 4.69) is 0 Å². The van der Waals surface area contributed by atoms with Gasteiger partial charge in [0.1, 0.15) is 28.7 Å². The maximum atomic E-state index is 13.2. The number of rotatable bonds is 13. The lowest BCUT2D eigenvalue weighted by molar-refractivity contribution is -0.152. The summed E-state index contributed by atoms with van der Waals surface area (Å²) in [6, 6.07) is 18.8. The normalized spacial score (nSPS) is 10.9. The van der Waals surface area contributed by atoms with Gasteiger partial charge in [0.05, 0.1) is 33.0 Å². The van der Waals surface area contributed by atoms with Crippen molar-refractivity contribution in [3.05, 3.63) is 77.9 Å². The fourth-order valence-electron chi connectivity index (χ4n) is 3.19. The van der Waals surface area contributed by atoms with E-state index in [9.17, 15) is 14.7 Å². The number of methoxy groups -OCH3 is 2. The Morgan fingerprint density at radius 1 is 0.750 bits per heavy atom. The summed E-state index contributed by atoms with van der Waals surface area (Å²) in [6.07, 6.45) is 0.679. The average molecular weight is 495 g/mol. The molecule has 0 heterocycles. The molecule has 0 atom stereocenters. The zero-order chi connectivity index (χ0) is 26.1. The van der Waals surface area contributed by atoms with Crippen LogP contribution in [0.15, 0.2) is 66.7 Å². The molecule has 3 aromatic carbocycles. The molecule has 1 N–H and O–H groups in total. The Balaban J connectivity index is 1.59. The van der Waals surface area contributed by atoms with Gasteiger partial charge in [-0.05, 0) is 74.5 Å². The third-order valence-corrected chi connectivity index (χ3v) is 5.32. The minimum atomic E-state index is -1.53. The summed E-state index contributed by atoms with van der Waals surface area (Å²) in [4.78, 5) is 24.7. The Kier molecular flexibility index (Phi) is 8.78. The molecule has 0 saturated carbocycles. The molecule has 0 amide bonds. The zero-order valence-electron chi connectivity index (χ0n) is 20.8. The largest absolute Gasteiger partial charge is 0.497 e. The number of benzene rings is 3. The molecule has 0 unspecified atom stereocenters. The van der Waals surface area contributed by atoms with Crippen LogP contribution >= 0.6 is 0 Å². The van der Waals surface area contributed by atoms with Crippen LogP contribution in [0.25, 0.3) is 0 Å². The van der Waals surface area contributed by atoms with E-state index in [1.807, 2.05) is 24.3 Å². The lowest BCUT2D eigenvalue weighted by Crippen LogP contribution is -2.38. The van der Waals surface area contributed by atoms with Crippen LogP contribution in [0, 0.1) is 0 Å². The molecule has 0 radical (unpaired) electrons. The molecule has 8 nitrogen and oxygen atoms in total. The molecular formula is C28H30O8. The van der Waals surface area contributed by atoms with Gasteiger partial charge in [-0.3, -0.25) is 4.79 Å². The van der Waals surface area contributed by atoms with Crippen molar-refractivity contribution in [1.82, 2.24) is 0 Å². The van der Waals surface area contributed by atoms with Gasteiger partial charge in [-0.1, -0.05) is 0 Å². The molecule has 0 aromatic heterocycles. The Labute approximate surface area is 210 Å². The van der Waals surface area contributed by atoms with Gasteiger partial charge < -0.3 is 28.8 Å². The summed E-state index contributed by atoms with van der Waals surface area (Å²) in [6.45, 7) is 3.77. The second-order valence-corrected chi connectivity index (χ2v) is 8.36. The SMILES string of the molecule is COc1ccc(OCCCOc2ccc(C(=O)c3ccc(OC)cc3OC(C)(C)C(=O)O)cc2)cc1. The number of carbonyl (C=O) groups excluding carboxylic acids is 1. The molecule has 0 aliphatic heterocycles. The number of hydrogen-bond acceptors (Lipinski definition) is 7. The topological polar surface area (TPSA) is 101 Å². The Morgan fingerprint density at radius 2 is 1.25 bits per heavy atom. The van der Waals surface area contributed by atoms with Crippen LogP contribution < -0.4 is 23.7 Å². The number of carboxylic acids is 1. The number of ether oxygens (including phenoxy) is 5. The summed E-state index contributed by atoms with van der Waals surface area (Å²) in [5, 5.41) is 9.42. The van der Waals surface area contributed by atoms with Gasteiger partial charge in [-0.2, -0.15) is 0 Å². The van der Waals surface area contributed by atoms with Crippen LogP contribution in [0.5, 0.6) is 28.7 Å². The monoisotopic (exact) mass is 494 g/mol. The van der Waals surface area contributed by atoms with Gasteiger partial charge in [0, 0.05) is 18.1 Å². The van der Waals surface area contributed by atoms with E-state index in [0.717, 1.165) is 11.5 Å². The fourth-order valence-corrected chi connectivity index (χ4v) is 3.19. The highest BCUT2D eigenvalue weighted by atomic mass is 16.5. The van der Waals surface area contributed by atoms with Crippen molar-refractivity contribution < 1.29 is 38.4 Å². The van der Waals surface area contributed by atoms with Gasteiger partial charge in [-0.15, -0.1) is 0 Å². The third kappa shape index (κ3) is 6.91. The Bertz CT molecular complexity index is 1170. The van der Waals surface area contributed by atoms with E-state index in [1.165, 1.54) is 27.0 Å². The molecule has 0 spiro atoms. The van der Waals surface area contributed by atoms with E-state index in [4.69, 9.17) is 23.7 Å². The zero-order valence-corrected chi connectivity index (χ0v) is 20.8. The summed E-state index contributed by atoms with van der Waals surface area (Å²) in [5.41, 5.74) is -0.890. The molecule has 0 aliphatic rings.